The number of hydrogen-bond acceptors (Lipinski definition) is 4. The van der Waals surface area contributed by atoms with Crippen molar-refractivity contribution in [2.24, 2.45) is 0 Å². The van der Waals surface area contributed by atoms with Gasteiger partial charge in [-0.05, 0) is 12.8 Å². The van der Waals surface area contributed by atoms with Gasteiger partial charge in [-0.25, -0.2) is 19.3 Å². The number of aromatic amines is 1. The van der Waals surface area contributed by atoms with E-state index in [1.54, 1.807) is 0 Å². The van der Waals surface area contributed by atoms with Crippen LogP contribution >= 0.6 is 0 Å². The molecule has 2 heterocycles. The maximum Gasteiger partial charge on any atom is 0.229 e. The van der Waals surface area contributed by atoms with E-state index in [4.69, 9.17) is 0 Å². The van der Waals surface area contributed by atoms with Gasteiger partial charge in [0.25, 0.3) is 0 Å². The second kappa shape index (κ2) is 3.55. The minimum atomic E-state index is -0.455. The summed E-state index contributed by atoms with van der Waals surface area (Å²) in [5.74, 6) is 1.09. The van der Waals surface area contributed by atoms with E-state index in [1.807, 2.05) is 6.20 Å². The number of hydrogen-bond donors (Lipinski definition) is 2. The first-order valence-electron chi connectivity index (χ1n) is 5.11. The first-order chi connectivity index (χ1) is 7.81. The molecule has 0 aliphatic heterocycles. The van der Waals surface area contributed by atoms with Gasteiger partial charge in [0.15, 0.2) is 5.82 Å². The minimum Gasteiger partial charge on any atom is -0.328 e. The van der Waals surface area contributed by atoms with Crippen molar-refractivity contribution in [1.82, 2.24) is 19.9 Å². The van der Waals surface area contributed by atoms with Gasteiger partial charge in [-0.15, -0.1) is 0 Å². The zero-order chi connectivity index (χ0) is 11.0. The molecule has 2 N–H and O–H groups in total. The number of imidazole rings is 1. The van der Waals surface area contributed by atoms with Crippen LogP contribution in [0.1, 0.15) is 24.5 Å². The lowest BCUT2D eigenvalue weighted by molar-refractivity contribution is 0.614. The number of nitrogens with one attached hydrogen (secondary N) is 2. The smallest absolute Gasteiger partial charge is 0.229 e. The van der Waals surface area contributed by atoms with E-state index in [0.29, 0.717) is 17.8 Å². The highest BCUT2D eigenvalue weighted by atomic mass is 19.1. The van der Waals surface area contributed by atoms with Crippen LogP contribution in [0.25, 0.3) is 0 Å². The van der Waals surface area contributed by atoms with Crippen molar-refractivity contribution >= 4 is 11.9 Å². The first-order valence-corrected chi connectivity index (χ1v) is 5.11. The van der Waals surface area contributed by atoms with Gasteiger partial charge in [0, 0.05) is 11.6 Å². The Kier molecular flexibility index (Phi) is 2.05. The lowest BCUT2D eigenvalue weighted by atomic mass is 10.3. The summed E-state index contributed by atoms with van der Waals surface area (Å²) < 4.78 is 12.6. The van der Waals surface area contributed by atoms with Gasteiger partial charge in [0.05, 0.1) is 18.6 Å². The summed E-state index contributed by atoms with van der Waals surface area (Å²) >= 11 is 0. The topological polar surface area (TPSA) is 66.5 Å². The third-order valence-electron chi connectivity index (χ3n) is 2.46. The molecular formula is C10H10FN5. The minimum absolute atomic E-state index is 0.332. The molecule has 1 aliphatic rings. The second-order valence-corrected chi connectivity index (χ2v) is 3.81. The van der Waals surface area contributed by atoms with Crippen molar-refractivity contribution in [3.8, 4) is 0 Å². The fraction of sp³-hybridized carbons (Fsp3) is 0.300. The summed E-state index contributed by atoms with van der Waals surface area (Å²) in [6.07, 6.45) is 6.47. The largest absolute Gasteiger partial charge is 0.328 e. The Hall–Kier alpha value is -1.98. The van der Waals surface area contributed by atoms with Crippen LogP contribution in [0, 0.1) is 5.82 Å². The molecule has 5 nitrogen and oxygen atoms in total. The monoisotopic (exact) mass is 219 g/mol. The van der Waals surface area contributed by atoms with Crippen molar-refractivity contribution in [3.63, 3.8) is 0 Å². The quantitative estimate of drug-likeness (QED) is 0.828. The molecule has 0 amide bonds. The molecule has 1 aliphatic carbocycles. The SMILES string of the molecule is Fc1cnc(Nc2ncc(C3CC3)[nH]2)nc1. The van der Waals surface area contributed by atoms with E-state index >= 15 is 0 Å². The van der Waals surface area contributed by atoms with Crippen molar-refractivity contribution in [2.45, 2.75) is 18.8 Å². The highest BCUT2D eigenvalue weighted by Crippen LogP contribution is 2.39. The van der Waals surface area contributed by atoms with Crippen molar-refractivity contribution in [1.29, 1.82) is 0 Å². The summed E-state index contributed by atoms with van der Waals surface area (Å²) in [5, 5.41) is 2.88. The Morgan fingerprint density at radius 1 is 1.19 bits per heavy atom. The average molecular weight is 219 g/mol. The Bertz CT molecular complexity index is 488. The molecule has 16 heavy (non-hydrogen) atoms. The number of H-pyrrole nitrogens is 1. The number of halogens is 1. The first kappa shape index (κ1) is 9.26. The van der Waals surface area contributed by atoms with Gasteiger partial charge in [-0.3, -0.25) is 5.32 Å². The molecule has 2 aromatic heterocycles. The molecule has 3 rings (SSSR count). The number of anilines is 2. The molecule has 82 valence electrons. The number of nitrogens with zero attached hydrogens (tertiary/aromatic N) is 3. The van der Waals surface area contributed by atoms with Crippen molar-refractivity contribution in [3.05, 3.63) is 30.1 Å². The van der Waals surface area contributed by atoms with Crippen LogP contribution < -0.4 is 5.32 Å². The highest BCUT2D eigenvalue weighted by Gasteiger charge is 2.25. The standard InChI is InChI=1S/C10H10FN5/c11-7-3-12-9(13-4-7)16-10-14-5-8(15-10)6-1-2-6/h3-6H,1-2H2,(H2,12,13,14,15,16). The van der Waals surface area contributed by atoms with Crippen LogP contribution in [0.3, 0.4) is 0 Å². The average Bonchev–Trinajstić information content (AvgIpc) is 3.04. The molecule has 0 bridgehead atoms. The number of rotatable bonds is 3. The molecule has 2 aromatic rings. The molecule has 0 unspecified atom stereocenters. The molecular weight excluding hydrogens is 209 g/mol. The fourth-order valence-electron chi connectivity index (χ4n) is 1.48. The zero-order valence-corrected chi connectivity index (χ0v) is 8.44. The molecule has 1 saturated carbocycles. The van der Waals surface area contributed by atoms with Crippen LogP contribution in [-0.2, 0) is 0 Å². The van der Waals surface area contributed by atoms with E-state index in [-0.39, 0.29) is 0 Å². The molecule has 6 heteroatoms. The summed E-state index contributed by atoms with van der Waals surface area (Å²) in [7, 11) is 0. The molecule has 0 aromatic carbocycles. The molecule has 0 spiro atoms. The summed E-state index contributed by atoms with van der Waals surface area (Å²) in [6.45, 7) is 0. The van der Waals surface area contributed by atoms with Gasteiger partial charge >= 0.3 is 0 Å². The van der Waals surface area contributed by atoms with Crippen LogP contribution in [-0.4, -0.2) is 19.9 Å². The predicted octanol–water partition coefficient (Wildman–Crippen LogP) is 1.96. The predicted molar refractivity (Wildman–Crippen MR) is 55.8 cm³/mol. The summed E-state index contributed by atoms with van der Waals surface area (Å²) in [4.78, 5) is 14.9. The van der Waals surface area contributed by atoms with Crippen molar-refractivity contribution < 1.29 is 4.39 Å². The summed E-state index contributed by atoms with van der Waals surface area (Å²) in [6, 6.07) is 0. The zero-order valence-electron chi connectivity index (χ0n) is 8.44. The third kappa shape index (κ3) is 1.86. The molecule has 0 atom stereocenters. The summed E-state index contributed by atoms with van der Waals surface area (Å²) in [5.41, 5.74) is 1.13. The van der Waals surface area contributed by atoms with Crippen molar-refractivity contribution in [2.75, 3.05) is 5.32 Å². The fourth-order valence-corrected chi connectivity index (χ4v) is 1.48. The normalized spacial score (nSPS) is 15.1. The van der Waals surface area contributed by atoms with Gasteiger partial charge in [0.2, 0.25) is 11.9 Å². The van der Waals surface area contributed by atoms with Gasteiger partial charge in [0.1, 0.15) is 0 Å². The van der Waals surface area contributed by atoms with E-state index in [2.05, 4.69) is 25.3 Å². The molecule has 0 radical (unpaired) electrons. The Balaban J connectivity index is 1.75. The van der Waals surface area contributed by atoms with Gasteiger partial charge in [-0.2, -0.15) is 0 Å². The lowest BCUT2D eigenvalue weighted by Crippen LogP contribution is -1.98. The third-order valence-corrected chi connectivity index (χ3v) is 2.46. The van der Waals surface area contributed by atoms with Crippen LogP contribution in [0.15, 0.2) is 18.6 Å². The van der Waals surface area contributed by atoms with Gasteiger partial charge < -0.3 is 4.98 Å². The van der Waals surface area contributed by atoms with E-state index in [1.165, 1.54) is 12.8 Å². The molecule has 0 saturated heterocycles. The van der Waals surface area contributed by atoms with E-state index in [9.17, 15) is 4.39 Å². The Morgan fingerprint density at radius 3 is 2.62 bits per heavy atom. The van der Waals surface area contributed by atoms with E-state index in [0.717, 1.165) is 18.1 Å². The number of aromatic nitrogens is 4. The maximum absolute atomic E-state index is 12.6. The van der Waals surface area contributed by atoms with Crippen LogP contribution in [0.2, 0.25) is 0 Å². The van der Waals surface area contributed by atoms with Crippen LogP contribution in [0.5, 0.6) is 0 Å². The van der Waals surface area contributed by atoms with E-state index < -0.39 is 5.82 Å². The second-order valence-electron chi connectivity index (χ2n) is 3.81. The Morgan fingerprint density at radius 2 is 1.94 bits per heavy atom. The van der Waals surface area contributed by atoms with Gasteiger partial charge in [-0.1, -0.05) is 0 Å². The molecule has 1 fully saturated rings. The highest BCUT2D eigenvalue weighted by molar-refractivity contribution is 5.42. The Labute approximate surface area is 91.2 Å². The maximum atomic E-state index is 12.6. The van der Waals surface area contributed by atoms with Crippen LogP contribution in [0.4, 0.5) is 16.3 Å². The lowest BCUT2D eigenvalue weighted by Gasteiger charge is -1.99.